The fourth-order valence-electron chi connectivity index (χ4n) is 2.96. The van der Waals surface area contributed by atoms with Gasteiger partial charge in [0.25, 0.3) is 0 Å². The summed E-state index contributed by atoms with van der Waals surface area (Å²) >= 11 is 0. The number of nitrogens with zero attached hydrogens (tertiary/aromatic N) is 1. The highest BCUT2D eigenvalue weighted by molar-refractivity contribution is 5.76. The van der Waals surface area contributed by atoms with E-state index in [4.69, 9.17) is 0 Å². The first-order chi connectivity index (χ1) is 9.61. The number of likely N-dealkylation sites (tertiary alicyclic amines) is 1. The average molecular weight is 275 g/mol. The number of amides is 1. The summed E-state index contributed by atoms with van der Waals surface area (Å²) in [5.41, 5.74) is 2.00. The Morgan fingerprint density at radius 3 is 2.80 bits per heavy atom. The van der Waals surface area contributed by atoms with Gasteiger partial charge in [-0.1, -0.05) is 37.6 Å². The van der Waals surface area contributed by atoms with E-state index in [1.165, 1.54) is 0 Å². The first-order valence-corrected chi connectivity index (χ1v) is 7.63. The van der Waals surface area contributed by atoms with E-state index in [0.29, 0.717) is 18.9 Å². The summed E-state index contributed by atoms with van der Waals surface area (Å²) in [5, 5.41) is 10.4. The van der Waals surface area contributed by atoms with E-state index in [0.717, 1.165) is 36.9 Å². The van der Waals surface area contributed by atoms with Crippen molar-refractivity contribution >= 4 is 5.91 Å². The van der Waals surface area contributed by atoms with Gasteiger partial charge in [-0.2, -0.15) is 0 Å². The van der Waals surface area contributed by atoms with E-state index in [1.54, 1.807) is 0 Å². The molecule has 2 rings (SSSR count). The van der Waals surface area contributed by atoms with Crippen molar-refractivity contribution < 1.29 is 9.90 Å². The van der Waals surface area contributed by atoms with Gasteiger partial charge < -0.3 is 10.0 Å². The smallest absolute Gasteiger partial charge is 0.222 e. The van der Waals surface area contributed by atoms with E-state index >= 15 is 0 Å². The molecule has 1 aromatic carbocycles. The van der Waals surface area contributed by atoms with E-state index < -0.39 is 6.10 Å². The minimum atomic E-state index is -0.585. The third kappa shape index (κ3) is 3.60. The van der Waals surface area contributed by atoms with E-state index in [2.05, 4.69) is 6.92 Å². The van der Waals surface area contributed by atoms with Crippen LogP contribution in [0.1, 0.15) is 49.8 Å². The van der Waals surface area contributed by atoms with Crippen molar-refractivity contribution in [3.05, 3.63) is 35.4 Å². The second-order valence-corrected chi connectivity index (χ2v) is 5.81. The van der Waals surface area contributed by atoms with Crippen LogP contribution in [0.3, 0.4) is 0 Å². The van der Waals surface area contributed by atoms with E-state index in [1.807, 2.05) is 36.1 Å². The summed E-state index contributed by atoms with van der Waals surface area (Å²) in [4.78, 5) is 14.0. The van der Waals surface area contributed by atoms with Crippen molar-refractivity contribution in [2.45, 2.75) is 45.6 Å². The zero-order chi connectivity index (χ0) is 14.5. The van der Waals surface area contributed by atoms with Crippen LogP contribution in [0.2, 0.25) is 0 Å². The van der Waals surface area contributed by atoms with Crippen molar-refractivity contribution in [1.29, 1.82) is 0 Å². The summed E-state index contributed by atoms with van der Waals surface area (Å²) in [6.45, 7) is 5.38. The van der Waals surface area contributed by atoms with Crippen molar-refractivity contribution in [3.63, 3.8) is 0 Å². The lowest BCUT2D eigenvalue weighted by Crippen LogP contribution is -2.34. The minimum absolute atomic E-state index is 0.189. The van der Waals surface area contributed by atoms with Crippen molar-refractivity contribution in [1.82, 2.24) is 4.90 Å². The van der Waals surface area contributed by atoms with Gasteiger partial charge in [0.05, 0.1) is 12.6 Å². The van der Waals surface area contributed by atoms with Gasteiger partial charge in [0.15, 0.2) is 0 Å². The highest BCUT2D eigenvalue weighted by Crippen LogP contribution is 2.24. The Morgan fingerprint density at radius 1 is 1.35 bits per heavy atom. The number of benzene rings is 1. The maximum Gasteiger partial charge on any atom is 0.222 e. The molecule has 110 valence electrons. The Balaban J connectivity index is 2.01. The van der Waals surface area contributed by atoms with Gasteiger partial charge in [0, 0.05) is 13.0 Å². The number of carbonyl (C=O) groups excluding carboxylic acids is 1. The van der Waals surface area contributed by atoms with Gasteiger partial charge in [0.1, 0.15) is 0 Å². The summed E-state index contributed by atoms with van der Waals surface area (Å²) < 4.78 is 0. The molecule has 2 atom stereocenters. The lowest BCUT2D eigenvalue weighted by atomic mass is 9.98. The standard InChI is InChI=1S/C17H25NO2/c1-3-14-8-9-17(20)18(11-10-14)12-16(19)15-7-5-4-6-13(15)2/h4-7,14,16,19H,3,8-12H2,1-2H3. The van der Waals surface area contributed by atoms with Gasteiger partial charge in [-0.15, -0.1) is 0 Å². The average Bonchev–Trinajstić information content (AvgIpc) is 2.62. The fraction of sp³-hybridized carbons (Fsp3) is 0.588. The van der Waals surface area contributed by atoms with Crippen molar-refractivity contribution in [2.24, 2.45) is 5.92 Å². The zero-order valence-corrected chi connectivity index (χ0v) is 12.5. The highest BCUT2D eigenvalue weighted by Gasteiger charge is 2.24. The molecule has 0 saturated carbocycles. The molecule has 1 fully saturated rings. The van der Waals surface area contributed by atoms with E-state index in [9.17, 15) is 9.90 Å². The summed E-state index contributed by atoms with van der Waals surface area (Å²) in [5.74, 6) is 0.841. The lowest BCUT2D eigenvalue weighted by molar-refractivity contribution is -0.132. The molecule has 0 spiro atoms. The normalized spacial score (nSPS) is 21.6. The lowest BCUT2D eigenvalue weighted by Gasteiger charge is -2.25. The third-order valence-electron chi connectivity index (χ3n) is 4.44. The zero-order valence-electron chi connectivity index (χ0n) is 12.5. The molecule has 1 heterocycles. The van der Waals surface area contributed by atoms with Gasteiger partial charge in [-0.3, -0.25) is 4.79 Å². The van der Waals surface area contributed by atoms with Crippen LogP contribution >= 0.6 is 0 Å². The van der Waals surface area contributed by atoms with Crippen molar-refractivity contribution in [2.75, 3.05) is 13.1 Å². The maximum absolute atomic E-state index is 12.1. The van der Waals surface area contributed by atoms with Crippen LogP contribution in [-0.2, 0) is 4.79 Å². The van der Waals surface area contributed by atoms with E-state index in [-0.39, 0.29) is 5.91 Å². The monoisotopic (exact) mass is 275 g/mol. The number of hydrogen-bond acceptors (Lipinski definition) is 2. The first kappa shape index (κ1) is 15.0. The Morgan fingerprint density at radius 2 is 2.10 bits per heavy atom. The molecule has 1 aliphatic rings. The number of aryl methyl sites for hydroxylation is 1. The molecule has 1 amide bonds. The number of aliphatic hydroxyl groups is 1. The third-order valence-corrected chi connectivity index (χ3v) is 4.44. The minimum Gasteiger partial charge on any atom is -0.387 e. The molecule has 1 saturated heterocycles. The predicted octanol–water partition coefficient (Wildman–Crippen LogP) is 3.07. The number of rotatable bonds is 4. The summed E-state index contributed by atoms with van der Waals surface area (Å²) in [6, 6.07) is 7.84. The van der Waals surface area contributed by atoms with Gasteiger partial charge >= 0.3 is 0 Å². The number of β-amino-alcohol motifs (C(OH)–C–C–N with tert-alkyl or cyclic N) is 1. The molecule has 1 aromatic rings. The quantitative estimate of drug-likeness (QED) is 0.917. The molecule has 3 nitrogen and oxygen atoms in total. The molecular formula is C17H25NO2. The molecule has 0 bridgehead atoms. The van der Waals surface area contributed by atoms with Gasteiger partial charge in [-0.05, 0) is 36.8 Å². The van der Waals surface area contributed by atoms with Crippen LogP contribution in [0.25, 0.3) is 0 Å². The largest absolute Gasteiger partial charge is 0.387 e. The first-order valence-electron chi connectivity index (χ1n) is 7.63. The molecule has 1 aliphatic heterocycles. The number of hydrogen-bond donors (Lipinski definition) is 1. The van der Waals surface area contributed by atoms with Gasteiger partial charge in [0.2, 0.25) is 5.91 Å². The summed E-state index contributed by atoms with van der Waals surface area (Å²) in [7, 11) is 0. The second-order valence-electron chi connectivity index (χ2n) is 5.81. The van der Waals surface area contributed by atoms with Crippen LogP contribution < -0.4 is 0 Å². The van der Waals surface area contributed by atoms with Crippen LogP contribution in [0, 0.1) is 12.8 Å². The molecule has 2 unspecified atom stereocenters. The molecule has 0 aromatic heterocycles. The topological polar surface area (TPSA) is 40.5 Å². The Kier molecular flexibility index (Phi) is 5.18. The van der Waals surface area contributed by atoms with Gasteiger partial charge in [-0.25, -0.2) is 0 Å². The molecule has 0 aliphatic carbocycles. The van der Waals surface area contributed by atoms with Crippen molar-refractivity contribution in [3.8, 4) is 0 Å². The molecular weight excluding hydrogens is 250 g/mol. The molecule has 3 heteroatoms. The Hall–Kier alpha value is -1.35. The predicted molar refractivity (Wildman–Crippen MR) is 80.4 cm³/mol. The Bertz CT molecular complexity index is 458. The van der Waals surface area contributed by atoms with Crippen LogP contribution in [-0.4, -0.2) is 29.0 Å². The second kappa shape index (κ2) is 6.89. The van der Waals surface area contributed by atoms with Crippen LogP contribution in [0.5, 0.6) is 0 Å². The molecule has 0 radical (unpaired) electrons. The number of aliphatic hydroxyl groups excluding tert-OH is 1. The highest BCUT2D eigenvalue weighted by atomic mass is 16.3. The van der Waals surface area contributed by atoms with Crippen LogP contribution in [0.15, 0.2) is 24.3 Å². The Labute approximate surface area is 121 Å². The number of carbonyl (C=O) groups is 1. The van der Waals surface area contributed by atoms with Crippen LogP contribution in [0.4, 0.5) is 0 Å². The SMILES string of the molecule is CCC1CCC(=O)N(CC(O)c2ccccc2C)CC1. The fourth-order valence-corrected chi connectivity index (χ4v) is 2.96. The maximum atomic E-state index is 12.1. The molecule has 1 N–H and O–H groups in total. The molecule has 20 heavy (non-hydrogen) atoms. The summed E-state index contributed by atoms with van der Waals surface area (Å²) in [6.07, 6.45) is 3.23.